The molecule has 72 valence electrons. The van der Waals surface area contributed by atoms with Crippen LogP contribution in [0.1, 0.15) is 11.1 Å². The Kier molecular flexibility index (Phi) is 3.75. The standard InChI is InChI=1S/C10H14BrNO/c1-7-5-8(3-4-12)10(11)9(6-7)13-2/h5-6H,3-4,12H2,1-2H3. The third kappa shape index (κ3) is 2.45. The summed E-state index contributed by atoms with van der Waals surface area (Å²) in [7, 11) is 1.67. The number of hydrogen-bond acceptors (Lipinski definition) is 2. The van der Waals surface area contributed by atoms with Crippen LogP contribution in [0.3, 0.4) is 0 Å². The molecule has 0 fully saturated rings. The van der Waals surface area contributed by atoms with Crippen molar-refractivity contribution in [2.45, 2.75) is 13.3 Å². The highest BCUT2D eigenvalue weighted by molar-refractivity contribution is 9.10. The normalized spacial score (nSPS) is 10.2. The van der Waals surface area contributed by atoms with Gasteiger partial charge in [-0.2, -0.15) is 0 Å². The molecule has 0 unspecified atom stereocenters. The van der Waals surface area contributed by atoms with Crippen molar-refractivity contribution in [1.82, 2.24) is 0 Å². The molecular formula is C10H14BrNO. The highest BCUT2D eigenvalue weighted by atomic mass is 79.9. The second-order valence-electron chi connectivity index (χ2n) is 2.98. The molecule has 1 aromatic carbocycles. The van der Waals surface area contributed by atoms with Crippen molar-refractivity contribution >= 4 is 15.9 Å². The quantitative estimate of drug-likeness (QED) is 0.885. The van der Waals surface area contributed by atoms with E-state index in [0.29, 0.717) is 6.54 Å². The topological polar surface area (TPSA) is 35.2 Å². The third-order valence-corrected chi connectivity index (χ3v) is 2.79. The van der Waals surface area contributed by atoms with E-state index in [-0.39, 0.29) is 0 Å². The minimum absolute atomic E-state index is 0.658. The van der Waals surface area contributed by atoms with Crippen molar-refractivity contribution in [3.05, 3.63) is 27.7 Å². The second-order valence-corrected chi connectivity index (χ2v) is 3.77. The summed E-state index contributed by atoms with van der Waals surface area (Å²) in [5, 5.41) is 0. The lowest BCUT2D eigenvalue weighted by molar-refractivity contribution is 0.411. The van der Waals surface area contributed by atoms with Gasteiger partial charge in [-0.1, -0.05) is 6.07 Å². The minimum atomic E-state index is 0.658. The van der Waals surface area contributed by atoms with Gasteiger partial charge in [0, 0.05) is 0 Å². The molecule has 0 radical (unpaired) electrons. The summed E-state index contributed by atoms with van der Waals surface area (Å²) >= 11 is 3.50. The van der Waals surface area contributed by atoms with Gasteiger partial charge in [-0.25, -0.2) is 0 Å². The first-order chi connectivity index (χ1) is 6.19. The van der Waals surface area contributed by atoms with Gasteiger partial charge in [0.1, 0.15) is 5.75 Å². The van der Waals surface area contributed by atoms with Crippen LogP contribution >= 0.6 is 15.9 Å². The van der Waals surface area contributed by atoms with Crippen LogP contribution in [0.4, 0.5) is 0 Å². The first kappa shape index (κ1) is 10.5. The molecule has 0 aliphatic carbocycles. The van der Waals surface area contributed by atoms with Crippen LogP contribution in [0.2, 0.25) is 0 Å². The number of benzene rings is 1. The Balaban J connectivity index is 3.11. The molecule has 0 amide bonds. The van der Waals surface area contributed by atoms with Crippen molar-refractivity contribution in [3.8, 4) is 5.75 Å². The van der Waals surface area contributed by atoms with E-state index in [4.69, 9.17) is 10.5 Å². The average Bonchev–Trinajstić information content (AvgIpc) is 2.11. The number of rotatable bonds is 3. The van der Waals surface area contributed by atoms with E-state index in [2.05, 4.69) is 28.9 Å². The van der Waals surface area contributed by atoms with Gasteiger partial charge in [0.15, 0.2) is 0 Å². The molecule has 0 aromatic heterocycles. The molecule has 0 aliphatic rings. The summed E-state index contributed by atoms with van der Waals surface area (Å²) in [6.45, 7) is 2.71. The predicted molar refractivity (Wildman–Crippen MR) is 58.2 cm³/mol. The molecule has 3 heteroatoms. The molecule has 13 heavy (non-hydrogen) atoms. The van der Waals surface area contributed by atoms with Crippen LogP contribution < -0.4 is 10.5 Å². The maximum atomic E-state index is 5.51. The monoisotopic (exact) mass is 243 g/mol. The molecule has 2 N–H and O–H groups in total. The van der Waals surface area contributed by atoms with Gasteiger partial charge in [-0.3, -0.25) is 0 Å². The summed E-state index contributed by atoms with van der Waals surface area (Å²) in [5.41, 5.74) is 7.91. The van der Waals surface area contributed by atoms with E-state index >= 15 is 0 Å². The zero-order valence-corrected chi connectivity index (χ0v) is 9.52. The average molecular weight is 244 g/mol. The molecule has 0 bridgehead atoms. The number of nitrogens with two attached hydrogens (primary N) is 1. The number of aryl methyl sites for hydroxylation is 1. The first-order valence-corrected chi connectivity index (χ1v) is 5.01. The summed E-state index contributed by atoms with van der Waals surface area (Å²) in [4.78, 5) is 0. The predicted octanol–water partition coefficient (Wildman–Crippen LogP) is 2.27. The SMILES string of the molecule is COc1cc(C)cc(CCN)c1Br. The van der Waals surface area contributed by atoms with Gasteiger partial charge in [0.25, 0.3) is 0 Å². The van der Waals surface area contributed by atoms with Crippen molar-refractivity contribution in [1.29, 1.82) is 0 Å². The van der Waals surface area contributed by atoms with Crippen LogP contribution in [0.5, 0.6) is 5.75 Å². The zero-order valence-electron chi connectivity index (χ0n) is 7.93. The Bertz CT molecular complexity index is 299. The van der Waals surface area contributed by atoms with Crippen LogP contribution in [-0.4, -0.2) is 13.7 Å². The van der Waals surface area contributed by atoms with Crippen LogP contribution in [0.15, 0.2) is 16.6 Å². The maximum Gasteiger partial charge on any atom is 0.133 e. The maximum absolute atomic E-state index is 5.51. The summed E-state index contributed by atoms with van der Waals surface area (Å²) < 4.78 is 6.24. The van der Waals surface area contributed by atoms with E-state index < -0.39 is 0 Å². The molecule has 1 aromatic rings. The largest absolute Gasteiger partial charge is 0.496 e. The van der Waals surface area contributed by atoms with Crippen molar-refractivity contribution in [2.24, 2.45) is 5.73 Å². The smallest absolute Gasteiger partial charge is 0.133 e. The molecule has 1 rings (SSSR count). The summed E-state index contributed by atoms with van der Waals surface area (Å²) in [6.07, 6.45) is 0.874. The van der Waals surface area contributed by atoms with Crippen molar-refractivity contribution < 1.29 is 4.74 Å². The lowest BCUT2D eigenvalue weighted by Crippen LogP contribution is -2.04. The number of ether oxygens (including phenoxy) is 1. The molecule has 0 saturated carbocycles. The van der Waals surface area contributed by atoms with Gasteiger partial charge >= 0.3 is 0 Å². The highest BCUT2D eigenvalue weighted by Gasteiger charge is 2.06. The van der Waals surface area contributed by atoms with Gasteiger partial charge in [-0.15, -0.1) is 0 Å². The summed E-state index contributed by atoms with van der Waals surface area (Å²) in [6, 6.07) is 4.13. The first-order valence-electron chi connectivity index (χ1n) is 4.22. The van der Waals surface area contributed by atoms with Gasteiger partial charge in [-0.05, 0) is 53.0 Å². The fourth-order valence-electron chi connectivity index (χ4n) is 1.29. The van der Waals surface area contributed by atoms with Gasteiger partial charge in [0.05, 0.1) is 11.6 Å². The molecule has 0 heterocycles. The van der Waals surface area contributed by atoms with Crippen molar-refractivity contribution in [3.63, 3.8) is 0 Å². The lowest BCUT2D eigenvalue weighted by atomic mass is 10.1. The molecule has 0 spiro atoms. The van der Waals surface area contributed by atoms with E-state index in [0.717, 1.165) is 16.6 Å². The number of hydrogen-bond donors (Lipinski definition) is 1. The molecule has 0 atom stereocenters. The Morgan fingerprint density at radius 3 is 2.69 bits per heavy atom. The number of methoxy groups -OCH3 is 1. The Labute approximate surface area is 87.2 Å². The third-order valence-electron chi connectivity index (χ3n) is 1.89. The Hall–Kier alpha value is -0.540. The Morgan fingerprint density at radius 1 is 1.46 bits per heavy atom. The van der Waals surface area contributed by atoms with E-state index in [1.54, 1.807) is 7.11 Å². The molecule has 0 aliphatic heterocycles. The van der Waals surface area contributed by atoms with Crippen LogP contribution in [-0.2, 0) is 6.42 Å². The van der Waals surface area contributed by atoms with Crippen LogP contribution in [0.25, 0.3) is 0 Å². The van der Waals surface area contributed by atoms with E-state index in [9.17, 15) is 0 Å². The molecule has 0 saturated heterocycles. The molecular weight excluding hydrogens is 230 g/mol. The zero-order chi connectivity index (χ0) is 9.84. The fourth-order valence-corrected chi connectivity index (χ4v) is 1.88. The van der Waals surface area contributed by atoms with Gasteiger partial charge in [0.2, 0.25) is 0 Å². The van der Waals surface area contributed by atoms with Crippen LogP contribution in [0, 0.1) is 6.92 Å². The fraction of sp³-hybridized carbons (Fsp3) is 0.400. The van der Waals surface area contributed by atoms with E-state index in [1.807, 2.05) is 6.07 Å². The minimum Gasteiger partial charge on any atom is -0.496 e. The number of halogens is 1. The van der Waals surface area contributed by atoms with Gasteiger partial charge < -0.3 is 10.5 Å². The highest BCUT2D eigenvalue weighted by Crippen LogP contribution is 2.30. The van der Waals surface area contributed by atoms with Crippen molar-refractivity contribution in [2.75, 3.05) is 13.7 Å². The lowest BCUT2D eigenvalue weighted by Gasteiger charge is -2.09. The molecule has 2 nitrogen and oxygen atoms in total. The second kappa shape index (κ2) is 4.63. The Morgan fingerprint density at radius 2 is 2.15 bits per heavy atom. The summed E-state index contributed by atoms with van der Waals surface area (Å²) in [5.74, 6) is 0.878. The van der Waals surface area contributed by atoms with E-state index in [1.165, 1.54) is 11.1 Å².